The fourth-order valence-corrected chi connectivity index (χ4v) is 1.68. The molecule has 1 aromatic carbocycles. The molecule has 0 bridgehead atoms. The summed E-state index contributed by atoms with van der Waals surface area (Å²) >= 11 is 0. The van der Waals surface area contributed by atoms with E-state index < -0.39 is 5.97 Å². The van der Waals surface area contributed by atoms with Gasteiger partial charge in [0.2, 0.25) is 0 Å². The smallest absolute Gasteiger partial charge is 0.339 e. The maximum atomic E-state index is 13.5. The third kappa shape index (κ3) is 4.16. The van der Waals surface area contributed by atoms with E-state index >= 15 is 0 Å². The van der Waals surface area contributed by atoms with Gasteiger partial charge < -0.3 is 4.74 Å². The fraction of sp³-hybridized carbons (Fsp3) is 0.250. The van der Waals surface area contributed by atoms with Crippen molar-refractivity contribution in [1.82, 2.24) is 4.98 Å². The molecular weight excluding hydrogens is 257 g/mol. The lowest BCUT2D eigenvalue weighted by molar-refractivity contribution is 0.0600. The van der Waals surface area contributed by atoms with Crippen LogP contribution in [0.4, 0.5) is 4.39 Å². The van der Waals surface area contributed by atoms with Gasteiger partial charge >= 0.3 is 5.97 Å². The molecular formula is C16H18FNO2. The Labute approximate surface area is 118 Å². The molecule has 0 spiro atoms. The first-order chi connectivity index (χ1) is 9.70. The Kier molecular flexibility index (Phi) is 6.37. The molecule has 0 fully saturated rings. The lowest BCUT2D eigenvalue weighted by Crippen LogP contribution is -2.03. The van der Waals surface area contributed by atoms with Crippen LogP contribution in [0, 0.1) is 5.82 Å². The number of hydrogen-bond donors (Lipinski definition) is 0. The topological polar surface area (TPSA) is 39.2 Å². The molecule has 0 radical (unpaired) electrons. The summed E-state index contributed by atoms with van der Waals surface area (Å²) in [7, 11) is 1.31. The molecule has 4 heteroatoms. The number of pyridine rings is 1. The van der Waals surface area contributed by atoms with E-state index in [9.17, 15) is 9.18 Å². The van der Waals surface area contributed by atoms with E-state index in [1.54, 1.807) is 30.5 Å². The third-order valence-electron chi connectivity index (χ3n) is 2.57. The van der Waals surface area contributed by atoms with Crippen LogP contribution in [0.25, 0.3) is 0 Å². The van der Waals surface area contributed by atoms with Crippen LogP contribution in [-0.4, -0.2) is 18.1 Å². The summed E-state index contributed by atoms with van der Waals surface area (Å²) in [4.78, 5) is 15.3. The van der Waals surface area contributed by atoms with Crippen molar-refractivity contribution in [2.45, 2.75) is 20.3 Å². The molecule has 0 unspecified atom stereocenters. The fourth-order valence-electron chi connectivity index (χ4n) is 1.68. The number of benzene rings is 1. The Morgan fingerprint density at radius 3 is 2.60 bits per heavy atom. The quantitative estimate of drug-likeness (QED) is 0.803. The van der Waals surface area contributed by atoms with E-state index in [-0.39, 0.29) is 5.82 Å². The number of nitrogens with zero attached hydrogens (tertiary/aromatic N) is 1. The highest BCUT2D eigenvalue weighted by Gasteiger charge is 2.08. The van der Waals surface area contributed by atoms with Gasteiger partial charge in [0.05, 0.1) is 12.7 Å². The molecule has 2 aromatic rings. The first kappa shape index (κ1) is 15.8. The number of esters is 1. The summed E-state index contributed by atoms with van der Waals surface area (Å²) in [5, 5.41) is 0. The first-order valence-corrected chi connectivity index (χ1v) is 6.46. The van der Waals surface area contributed by atoms with Gasteiger partial charge in [-0.15, -0.1) is 0 Å². The zero-order chi connectivity index (χ0) is 15.0. The number of rotatable bonds is 3. The average molecular weight is 275 g/mol. The van der Waals surface area contributed by atoms with Crippen molar-refractivity contribution in [3.05, 3.63) is 65.2 Å². The maximum absolute atomic E-state index is 13.5. The summed E-state index contributed by atoms with van der Waals surface area (Å²) in [5.41, 5.74) is 1.70. The van der Waals surface area contributed by atoms with Gasteiger partial charge in [-0.3, -0.25) is 4.98 Å². The standard InChI is InChI=1S/C14H12FNO2.C2H6/c1-18-14(17)12-7-10(8-16-9-12)6-11-4-2-3-5-13(11)15;1-2/h2-5,7-9H,6H2,1H3;1-2H3. The number of aromatic nitrogens is 1. The second kappa shape index (κ2) is 8.04. The molecule has 106 valence electrons. The first-order valence-electron chi connectivity index (χ1n) is 6.46. The SMILES string of the molecule is CC.COC(=O)c1cncc(Cc2ccccc2F)c1. The molecule has 3 nitrogen and oxygen atoms in total. The normalized spacial score (nSPS) is 9.40. The van der Waals surface area contributed by atoms with Crippen molar-refractivity contribution < 1.29 is 13.9 Å². The second-order valence-corrected chi connectivity index (χ2v) is 3.84. The molecule has 0 aliphatic rings. The van der Waals surface area contributed by atoms with Crippen LogP contribution in [-0.2, 0) is 11.2 Å². The number of methoxy groups -OCH3 is 1. The maximum Gasteiger partial charge on any atom is 0.339 e. The van der Waals surface area contributed by atoms with Gasteiger partial charge in [-0.25, -0.2) is 9.18 Å². The molecule has 1 heterocycles. The Bertz CT molecular complexity index is 570. The number of carbonyl (C=O) groups is 1. The number of ether oxygens (including phenoxy) is 1. The van der Waals surface area contributed by atoms with Gasteiger partial charge in [-0.1, -0.05) is 32.0 Å². The summed E-state index contributed by atoms with van der Waals surface area (Å²) in [6.07, 6.45) is 3.43. The van der Waals surface area contributed by atoms with Crippen LogP contribution in [0.5, 0.6) is 0 Å². The van der Waals surface area contributed by atoms with E-state index in [1.807, 2.05) is 13.8 Å². The van der Waals surface area contributed by atoms with Crippen LogP contribution in [0.1, 0.15) is 35.3 Å². The lowest BCUT2D eigenvalue weighted by Gasteiger charge is -2.04. The Morgan fingerprint density at radius 1 is 1.25 bits per heavy atom. The van der Waals surface area contributed by atoms with Crippen LogP contribution in [0.15, 0.2) is 42.7 Å². The van der Waals surface area contributed by atoms with Gasteiger partial charge in [0.1, 0.15) is 5.82 Å². The van der Waals surface area contributed by atoms with Crippen LogP contribution < -0.4 is 0 Å². The molecule has 1 aromatic heterocycles. The predicted octanol–water partition coefficient (Wildman–Crippen LogP) is 3.62. The van der Waals surface area contributed by atoms with Crippen LogP contribution in [0.3, 0.4) is 0 Å². The molecule has 0 N–H and O–H groups in total. The zero-order valence-electron chi connectivity index (χ0n) is 11.9. The molecule has 0 saturated carbocycles. The van der Waals surface area contributed by atoms with Gasteiger partial charge in [0, 0.05) is 18.8 Å². The number of carbonyl (C=O) groups excluding carboxylic acids is 1. The molecule has 0 aliphatic heterocycles. The summed E-state index contributed by atoms with van der Waals surface area (Å²) in [6.45, 7) is 4.00. The van der Waals surface area contributed by atoms with Crippen molar-refractivity contribution in [1.29, 1.82) is 0 Å². The molecule has 20 heavy (non-hydrogen) atoms. The van der Waals surface area contributed by atoms with Crippen molar-refractivity contribution in [2.75, 3.05) is 7.11 Å². The summed E-state index contributed by atoms with van der Waals surface area (Å²) in [6, 6.07) is 8.19. The van der Waals surface area contributed by atoms with Crippen LogP contribution >= 0.6 is 0 Å². The van der Waals surface area contributed by atoms with Gasteiger partial charge in [-0.2, -0.15) is 0 Å². The Morgan fingerprint density at radius 2 is 1.95 bits per heavy atom. The lowest BCUT2D eigenvalue weighted by atomic mass is 10.0. The molecule has 0 saturated heterocycles. The van der Waals surface area contributed by atoms with Crippen molar-refractivity contribution in [3.63, 3.8) is 0 Å². The highest BCUT2D eigenvalue weighted by molar-refractivity contribution is 5.89. The third-order valence-corrected chi connectivity index (χ3v) is 2.57. The summed E-state index contributed by atoms with van der Waals surface area (Å²) in [5.74, 6) is -0.709. The largest absolute Gasteiger partial charge is 0.465 e. The highest BCUT2D eigenvalue weighted by atomic mass is 19.1. The van der Waals surface area contributed by atoms with Crippen molar-refractivity contribution >= 4 is 5.97 Å². The second-order valence-electron chi connectivity index (χ2n) is 3.84. The number of halogens is 1. The molecule has 2 rings (SSSR count). The van der Waals surface area contributed by atoms with Crippen LogP contribution in [0.2, 0.25) is 0 Å². The molecule has 0 aliphatic carbocycles. The Hall–Kier alpha value is -2.23. The van der Waals surface area contributed by atoms with Crippen molar-refractivity contribution in [2.24, 2.45) is 0 Å². The number of hydrogen-bond acceptors (Lipinski definition) is 3. The van der Waals surface area contributed by atoms with Gasteiger partial charge in [-0.05, 0) is 23.3 Å². The minimum Gasteiger partial charge on any atom is -0.465 e. The molecule has 0 amide bonds. The predicted molar refractivity (Wildman–Crippen MR) is 76.1 cm³/mol. The van der Waals surface area contributed by atoms with Crippen molar-refractivity contribution in [3.8, 4) is 0 Å². The average Bonchev–Trinajstić information content (AvgIpc) is 2.51. The van der Waals surface area contributed by atoms with E-state index in [2.05, 4.69) is 9.72 Å². The van der Waals surface area contributed by atoms with E-state index in [0.717, 1.165) is 5.56 Å². The molecule has 0 atom stereocenters. The monoisotopic (exact) mass is 275 g/mol. The Balaban J connectivity index is 0.000000956. The van der Waals surface area contributed by atoms with E-state index in [4.69, 9.17) is 0 Å². The zero-order valence-corrected chi connectivity index (χ0v) is 11.9. The summed E-state index contributed by atoms with van der Waals surface area (Å²) < 4.78 is 18.1. The van der Waals surface area contributed by atoms with Gasteiger partial charge in [0.25, 0.3) is 0 Å². The minimum atomic E-state index is -0.446. The van der Waals surface area contributed by atoms with Gasteiger partial charge in [0.15, 0.2) is 0 Å². The van der Waals surface area contributed by atoms with E-state index in [1.165, 1.54) is 19.4 Å². The van der Waals surface area contributed by atoms with E-state index in [0.29, 0.717) is 17.5 Å². The highest BCUT2D eigenvalue weighted by Crippen LogP contribution is 2.13. The minimum absolute atomic E-state index is 0.263.